The largest absolute Gasteiger partial charge is 0.353 e. The van der Waals surface area contributed by atoms with Crippen LogP contribution in [0.1, 0.15) is 38.3 Å². The van der Waals surface area contributed by atoms with Crippen molar-refractivity contribution in [3.05, 3.63) is 35.4 Å². The SMILES string of the molecule is CC1CN(C(C)C)CC1NC(=NCC(=O)N(C)C)NC1CCc2ccccc2C1.I. The normalized spacial score (nSPS) is 24.2. The molecule has 6 nitrogen and oxygen atoms in total. The summed E-state index contributed by atoms with van der Waals surface area (Å²) in [5, 5.41) is 7.27. The van der Waals surface area contributed by atoms with Crippen LogP contribution in [-0.4, -0.2) is 73.5 Å². The van der Waals surface area contributed by atoms with E-state index in [1.54, 1.807) is 19.0 Å². The molecule has 1 aromatic rings. The van der Waals surface area contributed by atoms with Gasteiger partial charge in [-0.25, -0.2) is 4.99 Å². The van der Waals surface area contributed by atoms with Crippen LogP contribution < -0.4 is 10.6 Å². The smallest absolute Gasteiger partial charge is 0.243 e. The predicted octanol–water partition coefficient (Wildman–Crippen LogP) is 2.51. The summed E-state index contributed by atoms with van der Waals surface area (Å²) in [6.07, 6.45) is 3.16. The van der Waals surface area contributed by atoms with Gasteiger partial charge in [0.05, 0.1) is 0 Å². The minimum Gasteiger partial charge on any atom is -0.353 e. The van der Waals surface area contributed by atoms with Crippen LogP contribution in [0.15, 0.2) is 29.3 Å². The summed E-state index contributed by atoms with van der Waals surface area (Å²) in [4.78, 5) is 20.8. The number of benzene rings is 1. The fraction of sp³-hybridized carbons (Fsp3) is 0.652. The van der Waals surface area contributed by atoms with Gasteiger partial charge in [0.1, 0.15) is 6.54 Å². The number of halogens is 1. The molecule has 0 aromatic heterocycles. The van der Waals surface area contributed by atoms with Crippen LogP contribution in [0, 0.1) is 5.92 Å². The number of rotatable bonds is 5. The minimum atomic E-state index is 0. The Morgan fingerprint density at radius 1 is 1.20 bits per heavy atom. The lowest BCUT2D eigenvalue weighted by Crippen LogP contribution is -2.51. The Balaban J connectivity index is 0.00000320. The Hall–Kier alpha value is -1.35. The van der Waals surface area contributed by atoms with E-state index in [0.717, 1.165) is 38.3 Å². The molecule has 1 aromatic carbocycles. The number of carbonyl (C=O) groups excluding carboxylic acids is 1. The van der Waals surface area contributed by atoms with Gasteiger partial charge in [-0.3, -0.25) is 9.69 Å². The predicted molar refractivity (Wildman–Crippen MR) is 135 cm³/mol. The Labute approximate surface area is 198 Å². The number of nitrogens with zero attached hydrogens (tertiary/aromatic N) is 3. The lowest BCUT2D eigenvalue weighted by Gasteiger charge is -2.29. The quantitative estimate of drug-likeness (QED) is 0.351. The average molecular weight is 527 g/mol. The lowest BCUT2D eigenvalue weighted by molar-refractivity contribution is -0.127. The number of amides is 1. The van der Waals surface area contributed by atoms with E-state index in [9.17, 15) is 4.79 Å². The zero-order valence-corrected chi connectivity index (χ0v) is 21.3. The molecule has 7 heteroatoms. The third-order valence-corrected chi connectivity index (χ3v) is 6.25. The van der Waals surface area contributed by atoms with Crippen molar-refractivity contribution < 1.29 is 4.79 Å². The number of guanidine groups is 1. The van der Waals surface area contributed by atoms with Gasteiger partial charge < -0.3 is 15.5 Å². The molecule has 1 heterocycles. The molecule has 3 unspecified atom stereocenters. The average Bonchev–Trinajstić information content (AvgIpc) is 3.06. The molecule has 1 aliphatic heterocycles. The molecule has 2 aliphatic rings. The number of carbonyl (C=O) groups is 1. The van der Waals surface area contributed by atoms with Gasteiger partial charge in [0.2, 0.25) is 5.91 Å². The van der Waals surface area contributed by atoms with Crippen molar-refractivity contribution in [1.82, 2.24) is 20.4 Å². The molecular formula is C23H38IN5O. The third kappa shape index (κ3) is 6.57. The zero-order chi connectivity index (χ0) is 21.0. The Kier molecular flexibility index (Phi) is 9.40. The van der Waals surface area contributed by atoms with Crippen molar-refractivity contribution in [3.63, 3.8) is 0 Å². The molecule has 0 radical (unpaired) electrons. The van der Waals surface area contributed by atoms with Crippen LogP contribution in [0.3, 0.4) is 0 Å². The highest BCUT2D eigenvalue weighted by atomic mass is 127. The zero-order valence-electron chi connectivity index (χ0n) is 19.0. The van der Waals surface area contributed by atoms with Gasteiger partial charge in [-0.2, -0.15) is 0 Å². The second-order valence-corrected chi connectivity index (χ2v) is 9.08. The molecule has 0 saturated carbocycles. The number of likely N-dealkylation sites (N-methyl/N-ethyl adjacent to an activating group) is 1. The molecule has 168 valence electrons. The molecule has 3 atom stereocenters. The first-order valence-corrected chi connectivity index (χ1v) is 10.9. The minimum absolute atomic E-state index is 0. The highest BCUT2D eigenvalue weighted by Crippen LogP contribution is 2.22. The number of aliphatic imine (C=N–C) groups is 1. The molecule has 1 fully saturated rings. The first kappa shape index (κ1) is 24.9. The van der Waals surface area contributed by atoms with E-state index >= 15 is 0 Å². The van der Waals surface area contributed by atoms with Crippen molar-refractivity contribution in [1.29, 1.82) is 0 Å². The number of hydrogen-bond donors (Lipinski definition) is 2. The summed E-state index contributed by atoms with van der Waals surface area (Å²) in [6.45, 7) is 9.06. The first-order chi connectivity index (χ1) is 13.8. The van der Waals surface area contributed by atoms with Crippen LogP contribution in [0.2, 0.25) is 0 Å². The van der Waals surface area contributed by atoms with Gasteiger partial charge in [0.15, 0.2) is 5.96 Å². The summed E-state index contributed by atoms with van der Waals surface area (Å²) < 4.78 is 0. The first-order valence-electron chi connectivity index (χ1n) is 10.9. The van der Waals surface area contributed by atoms with Crippen molar-refractivity contribution in [2.24, 2.45) is 10.9 Å². The van der Waals surface area contributed by atoms with E-state index in [0.29, 0.717) is 24.0 Å². The molecule has 0 spiro atoms. The van der Waals surface area contributed by atoms with E-state index in [4.69, 9.17) is 0 Å². The fourth-order valence-electron chi connectivity index (χ4n) is 4.22. The van der Waals surface area contributed by atoms with Gasteiger partial charge in [-0.1, -0.05) is 31.2 Å². The maximum Gasteiger partial charge on any atom is 0.243 e. The third-order valence-electron chi connectivity index (χ3n) is 6.25. The van der Waals surface area contributed by atoms with Crippen LogP contribution >= 0.6 is 24.0 Å². The summed E-state index contributed by atoms with van der Waals surface area (Å²) in [7, 11) is 3.55. The highest BCUT2D eigenvalue weighted by Gasteiger charge is 2.32. The standard InChI is InChI=1S/C23H37N5O.HI/c1-16(2)28-14-17(3)21(15-28)26-23(24-13-22(29)27(4)5)25-20-11-10-18-8-6-7-9-19(18)12-20;/h6-9,16-17,20-21H,10-15H2,1-5H3,(H2,24,25,26);1H. The molecule has 3 rings (SSSR count). The number of fused-ring (bicyclic) bond motifs is 1. The molecule has 30 heavy (non-hydrogen) atoms. The second-order valence-electron chi connectivity index (χ2n) is 9.08. The maximum absolute atomic E-state index is 12.1. The summed E-state index contributed by atoms with van der Waals surface area (Å²) in [5.74, 6) is 1.33. The van der Waals surface area contributed by atoms with Crippen molar-refractivity contribution in [3.8, 4) is 0 Å². The molecule has 2 N–H and O–H groups in total. The Morgan fingerprint density at radius 3 is 2.53 bits per heavy atom. The van der Waals surface area contributed by atoms with E-state index in [1.165, 1.54) is 11.1 Å². The Morgan fingerprint density at radius 2 is 1.90 bits per heavy atom. The van der Waals surface area contributed by atoms with Gasteiger partial charge in [-0.15, -0.1) is 24.0 Å². The van der Waals surface area contributed by atoms with E-state index in [2.05, 4.69) is 65.6 Å². The van der Waals surface area contributed by atoms with Crippen LogP contribution in [0.4, 0.5) is 0 Å². The summed E-state index contributed by atoms with van der Waals surface area (Å²) in [6, 6.07) is 9.92. The Bertz CT molecular complexity index is 736. The molecule has 1 saturated heterocycles. The van der Waals surface area contributed by atoms with Gasteiger partial charge in [0, 0.05) is 45.3 Å². The molecule has 0 bridgehead atoms. The van der Waals surface area contributed by atoms with Crippen molar-refractivity contribution >= 4 is 35.8 Å². The summed E-state index contributed by atoms with van der Waals surface area (Å²) in [5.41, 5.74) is 2.87. The topological polar surface area (TPSA) is 60.0 Å². The number of aryl methyl sites for hydroxylation is 1. The molecule has 1 aliphatic carbocycles. The number of likely N-dealkylation sites (tertiary alicyclic amines) is 1. The number of hydrogen-bond acceptors (Lipinski definition) is 3. The highest BCUT2D eigenvalue weighted by molar-refractivity contribution is 14.0. The van der Waals surface area contributed by atoms with Crippen molar-refractivity contribution in [2.75, 3.05) is 33.7 Å². The van der Waals surface area contributed by atoms with E-state index in [1.807, 2.05) is 0 Å². The van der Waals surface area contributed by atoms with Crippen LogP contribution in [-0.2, 0) is 17.6 Å². The van der Waals surface area contributed by atoms with Gasteiger partial charge >= 0.3 is 0 Å². The fourth-order valence-corrected chi connectivity index (χ4v) is 4.22. The summed E-state index contributed by atoms with van der Waals surface area (Å²) >= 11 is 0. The van der Waals surface area contributed by atoms with Crippen molar-refractivity contribution in [2.45, 2.75) is 58.2 Å². The monoisotopic (exact) mass is 527 g/mol. The molecule has 1 amide bonds. The lowest BCUT2D eigenvalue weighted by atomic mass is 9.88. The van der Waals surface area contributed by atoms with E-state index < -0.39 is 0 Å². The van der Waals surface area contributed by atoms with Gasteiger partial charge in [0.25, 0.3) is 0 Å². The second kappa shape index (κ2) is 11.3. The van der Waals surface area contributed by atoms with Crippen LogP contribution in [0.25, 0.3) is 0 Å². The maximum atomic E-state index is 12.1. The van der Waals surface area contributed by atoms with Gasteiger partial charge in [-0.05, 0) is 50.2 Å². The number of nitrogens with one attached hydrogen (secondary N) is 2. The van der Waals surface area contributed by atoms with Crippen LogP contribution in [0.5, 0.6) is 0 Å². The van der Waals surface area contributed by atoms with E-state index in [-0.39, 0.29) is 36.4 Å². The molecular weight excluding hydrogens is 489 g/mol.